The van der Waals surface area contributed by atoms with E-state index < -0.39 is 6.10 Å². The SMILES string of the molecule is O=C(NC(c1ccccc1)c1cccs1)C1Cc2ccccc2O1. The van der Waals surface area contributed by atoms with E-state index in [0.29, 0.717) is 6.42 Å². The minimum absolute atomic E-state index is 0.0755. The van der Waals surface area contributed by atoms with Crippen molar-refractivity contribution in [3.8, 4) is 5.75 Å². The van der Waals surface area contributed by atoms with Crippen LogP contribution in [0.2, 0.25) is 0 Å². The maximum Gasteiger partial charge on any atom is 0.262 e. The van der Waals surface area contributed by atoms with Crippen LogP contribution in [0.25, 0.3) is 0 Å². The lowest BCUT2D eigenvalue weighted by Gasteiger charge is -2.20. The van der Waals surface area contributed by atoms with Gasteiger partial charge < -0.3 is 10.1 Å². The molecular weight excluding hydrogens is 318 g/mol. The van der Waals surface area contributed by atoms with E-state index in [0.717, 1.165) is 21.8 Å². The van der Waals surface area contributed by atoms with Crippen LogP contribution in [-0.4, -0.2) is 12.0 Å². The second kappa shape index (κ2) is 6.49. The van der Waals surface area contributed by atoms with Gasteiger partial charge in [0, 0.05) is 11.3 Å². The second-order valence-corrected chi connectivity index (χ2v) is 6.77. The molecular formula is C20H17NO2S. The molecule has 0 spiro atoms. The van der Waals surface area contributed by atoms with Gasteiger partial charge in [-0.2, -0.15) is 0 Å². The third-order valence-corrected chi connectivity index (χ3v) is 5.12. The fourth-order valence-electron chi connectivity index (χ4n) is 2.98. The molecule has 0 bridgehead atoms. The molecule has 4 rings (SSSR count). The zero-order valence-electron chi connectivity index (χ0n) is 13.0. The van der Waals surface area contributed by atoms with Gasteiger partial charge in [0.15, 0.2) is 6.10 Å². The third-order valence-electron chi connectivity index (χ3n) is 4.19. The summed E-state index contributed by atoms with van der Waals surface area (Å²) in [5, 5.41) is 5.19. The van der Waals surface area contributed by atoms with Crippen molar-refractivity contribution in [2.75, 3.05) is 0 Å². The van der Waals surface area contributed by atoms with Gasteiger partial charge in [0.2, 0.25) is 0 Å². The number of ether oxygens (including phenoxy) is 1. The number of amides is 1. The van der Waals surface area contributed by atoms with E-state index in [-0.39, 0.29) is 11.9 Å². The fraction of sp³-hybridized carbons (Fsp3) is 0.150. The summed E-state index contributed by atoms with van der Waals surface area (Å²) < 4.78 is 5.81. The van der Waals surface area contributed by atoms with Gasteiger partial charge in [0.05, 0.1) is 6.04 Å². The Morgan fingerprint density at radius 1 is 1.04 bits per heavy atom. The number of fused-ring (bicyclic) bond motifs is 1. The third kappa shape index (κ3) is 2.93. The Kier molecular flexibility index (Phi) is 4.05. The standard InChI is InChI=1S/C20H17NO2S/c22-20(17-13-15-9-4-5-10-16(15)23-17)21-19(18-11-6-12-24-18)14-7-2-1-3-8-14/h1-12,17,19H,13H2,(H,21,22). The quantitative estimate of drug-likeness (QED) is 0.784. The van der Waals surface area contributed by atoms with E-state index in [2.05, 4.69) is 5.32 Å². The number of carbonyl (C=O) groups excluding carboxylic acids is 1. The van der Waals surface area contributed by atoms with Crippen molar-refractivity contribution in [2.24, 2.45) is 0 Å². The molecule has 1 amide bonds. The van der Waals surface area contributed by atoms with Crippen LogP contribution in [0.15, 0.2) is 72.1 Å². The van der Waals surface area contributed by atoms with Crippen LogP contribution < -0.4 is 10.1 Å². The number of thiophene rings is 1. The van der Waals surface area contributed by atoms with Crippen LogP contribution in [0.1, 0.15) is 22.0 Å². The molecule has 0 radical (unpaired) electrons. The predicted molar refractivity (Wildman–Crippen MR) is 95.3 cm³/mol. The highest BCUT2D eigenvalue weighted by molar-refractivity contribution is 7.10. The van der Waals surface area contributed by atoms with Crippen LogP contribution in [0.3, 0.4) is 0 Å². The van der Waals surface area contributed by atoms with Crippen LogP contribution in [0.5, 0.6) is 5.75 Å². The van der Waals surface area contributed by atoms with Gasteiger partial charge >= 0.3 is 0 Å². The first kappa shape index (κ1) is 15.0. The maximum absolute atomic E-state index is 12.8. The Morgan fingerprint density at radius 3 is 2.58 bits per heavy atom. The fourth-order valence-corrected chi connectivity index (χ4v) is 3.79. The van der Waals surface area contributed by atoms with Crippen molar-refractivity contribution in [2.45, 2.75) is 18.6 Å². The summed E-state index contributed by atoms with van der Waals surface area (Å²) in [6.45, 7) is 0. The molecule has 120 valence electrons. The molecule has 0 aliphatic carbocycles. The molecule has 1 aliphatic rings. The summed E-state index contributed by atoms with van der Waals surface area (Å²) in [6, 6.07) is 21.8. The van der Waals surface area contributed by atoms with Crippen molar-refractivity contribution in [3.63, 3.8) is 0 Å². The van der Waals surface area contributed by atoms with Crippen LogP contribution in [0, 0.1) is 0 Å². The average Bonchev–Trinajstić information content (AvgIpc) is 3.29. The number of hydrogen-bond donors (Lipinski definition) is 1. The van der Waals surface area contributed by atoms with Crippen LogP contribution in [0.4, 0.5) is 0 Å². The number of nitrogens with one attached hydrogen (secondary N) is 1. The van der Waals surface area contributed by atoms with Crippen LogP contribution >= 0.6 is 11.3 Å². The molecule has 1 aliphatic heterocycles. The summed E-state index contributed by atoms with van der Waals surface area (Å²) in [4.78, 5) is 13.9. The van der Waals surface area contributed by atoms with Crippen molar-refractivity contribution in [1.82, 2.24) is 5.32 Å². The van der Waals surface area contributed by atoms with E-state index >= 15 is 0 Å². The smallest absolute Gasteiger partial charge is 0.262 e. The highest BCUT2D eigenvalue weighted by Crippen LogP contribution is 2.30. The largest absolute Gasteiger partial charge is 0.480 e. The molecule has 3 aromatic rings. The molecule has 3 nitrogen and oxygen atoms in total. The first-order chi connectivity index (χ1) is 11.8. The average molecular weight is 335 g/mol. The second-order valence-electron chi connectivity index (χ2n) is 5.79. The Balaban J connectivity index is 1.55. The van der Waals surface area contributed by atoms with E-state index in [9.17, 15) is 4.79 Å². The monoisotopic (exact) mass is 335 g/mol. The minimum atomic E-state index is -0.464. The van der Waals surface area contributed by atoms with E-state index in [4.69, 9.17) is 4.74 Å². The van der Waals surface area contributed by atoms with Crippen molar-refractivity contribution >= 4 is 17.2 Å². The van der Waals surface area contributed by atoms with Crippen molar-refractivity contribution < 1.29 is 9.53 Å². The van der Waals surface area contributed by atoms with Gasteiger partial charge in [0.1, 0.15) is 5.75 Å². The van der Waals surface area contributed by atoms with Crippen molar-refractivity contribution in [3.05, 3.63) is 88.1 Å². The number of para-hydroxylation sites is 1. The molecule has 1 aromatic heterocycles. The van der Waals surface area contributed by atoms with Gasteiger partial charge in [-0.3, -0.25) is 4.79 Å². The maximum atomic E-state index is 12.8. The summed E-state index contributed by atoms with van der Waals surface area (Å²) in [5.41, 5.74) is 2.16. The molecule has 0 fully saturated rings. The first-order valence-corrected chi connectivity index (χ1v) is 8.82. The Morgan fingerprint density at radius 2 is 1.83 bits per heavy atom. The molecule has 2 atom stereocenters. The lowest BCUT2D eigenvalue weighted by atomic mass is 10.0. The minimum Gasteiger partial charge on any atom is -0.480 e. The van der Waals surface area contributed by atoms with E-state index in [1.807, 2.05) is 72.1 Å². The number of benzene rings is 2. The molecule has 1 N–H and O–H groups in total. The molecule has 24 heavy (non-hydrogen) atoms. The zero-order chi connectivity index (χ0) is 16.4. The van der Waals surface area contributed by atoms with Crippen molar-refractivity contribution in [1.29, 1.82) is 0 Å². The number of hydrogen-bond acceptors (Lipinski definition) is 3. The van der Waals surface area contributed by atoms with Crippen LogP contribution in [-0.2, 0) is 11.2 Å². The Hall–Kier alpha value is -2.59. The molecule has 2 heterocycles. The Labute approximate surface area is 144 Å². The summed E-state index contributed by atoms with van der Waals surface area (Å²) in [7, 11) is 0. The number of rotatable bonds is 4. The topological polar surface area (TPSA) is 38.3 Å². The lowest BCUT2D eigenvalue weighted by Crippen LogP contribution is -2.39. The lowest BCUT2D eigenvalue weighted by molar-refractivity contribution is -0.127. The normalized spacial score (nSPS) is 16.9. The highest BCUT2D eigenvalue weighted by atomic mass is 32.1. The molecule has 4 heteroatoms. The predicted octanol–water partition coefficient (Wildman–Crippen LogP) is 3.96. The van der Waals surface area contributed by atoms with Gasteiger partial charge in [-0.1, -0.05) is 54.6 Å². The number of carbonyl (C=O) groups is 1. The van der Waals surface area contributed by atoms with Gasteiger partial charge in [0.25, 0.3) is 5.91 Å². The van der Waals surface area contributed by atoms with Gasteiger partial charge in [-0.25, -0.2) is 0 Å². The summed E-state index contributed by atoms with van der Waals surface area (Å²) >= 11 is 1.64. The molecule has 2 aromatic carbocycles. The van der Waals surface area contributed by atoms with Gasteiger partial charge in [-0.15, -0.1) is 11.3 Å². The Bertz CT molecular complexity index is 805. The zero-order valence-corrected chi connectivity index (χ0v) is 13.8. The summed E-state index contributed by atoms with van der Waals surface area (Å²) in [6.07, 6.45) is 0.155. The first-order valence-electron chi connectivity index (χ1n) is 7.94. The van der Waals surface area contributed by atoms with E-state index in [1.165, 1.54) is 0 Å². The highest BCUT2D eigenvalue weighted by Gasteiger charge is 2.30. The molecule has 0 saturated heterocycles. The van der Waals surface area contributed by atoms with Gasteiger partial charge in [-0.05, 0) is 28.6 Å². The molecule has 2 unspecified atom stereocenters. The summed E-state index contributed by atoms with van der Waals surface area (Å²) in [5.74, 6) is 0.735. The van der Waals surface area contributed by atoms with E-state index in [1.54, 1.807) is 11.3 Å². The molecule has 0 saturated carbocycles.